The second-order valence-electron chi connectivity index (χ2n) is 3.98. The van der Waals surface area contributed by atoms with Gasteiger partial charge in [0.25, 0.3) is 0 Å². The predicted octanol–water partition coefficient (Wildman–Crippen LogP) is 1.52. The largest absolute Gasteiger partial charge is 0.481 e. The number of hydrogen-bond acceptors (Lipinski definition) is 3. The van der Waals surface area contributed by atoms with E-state index >= 15 is 0 Å². The van der Waals surface area contributed by atoms with Crippen LogP contribution in [0.1, 0.15) is 18.4 Å². The Hall–Kier alpha value is -0.870. The van der Waals surface area contributed by atoms with Gasteiger partial charge in [-0.2, -0.15) is 11.3 Å². The first-order chi connectivity index (χ1) is 6.59. The molecule has 0 saturated heterocycles. The molecule has 1 saturated carbocycles. The van der Waals surface area contributed by atoms with Gasteiger partial charge in [-0.25, -0.2) is 0 Å². The van der Waals surface area contributed by atoms with E-state index < -0.39 is 11.6 Å². The van der Waals surface area contributed by atoms with Gasteiger partial charge in [0.2, 0.25) is 0 Å². The number of thiophene rings is 1. The summed E-state index contributed by atoms with van der Waals surface area (Å²) in [6.07, 6.45) is 1.36. The highest BCUT2D eigenvalue weighted by Gasteiger charge is 2.46. The second-order valence-corrected chi connectivity index (χ2v) is 4.76. The summed E-state index contributed by atoms with van der Waals surface area (Å²) in [5.74, 6) is -1.14. The van der Waals surface area contributed by atoms with E-state index in [-0.39, 0.29) is 5.92 Å². The SMILES string of the molecule is O=C(O)C1CC(O)(Cc2ccsc2)C1. The van der Waals surface area contributed by atoms with E-state index in [4.69, 9.17) is 5.11 Å². The van der Waals surface area contributed by atoms with Crippen LogP contribution in [-0.4, -0.2) is 21.8 Å². The Morgan fingerprint density at radius 1 is 1.64 bits per heavy atom. The zero-order valence-electron chi connectivity index (χ0n) is 7.64. The Morgan fingerprint density at radius 3 is 2.86 bits per heavy atom. The van der Waals surface area contributed by atoms with Crippen molar-refractivity contribution in [2.24, 2.45) is 5.92 Å². The van der Waals surface area contributed by atoms with Crippen molar-refractivity contribution in [1.82, 2.24) is 0 Å². The lowest BCUT2D eigenvalue weighted by molar-refractivity contribution is -0.158. The molecule has 1 aliphatic carbocycles. The van der Waals surface area contributed by atoms with Crippen LogP contribution in [-0.2, 0) is 11.2 Å². The summed E-state index contributed by atoms with van der Waals surface area (Å²) in [4.78, 5) is 10.6. The number of aliphatic hydroxyl groups is 1. The molecule has 0 spiro atoms. The van der Waals surface area contributed by atoms with E-state index in [0.717, 1.165) is 5.56 Å². The molecule has 2 N–H and O–H groups in total. The summed E-state index contributed by atoms with van der Waals surface area (Å²) >= 11 is 1.59. The minimum Gasteiger partial charge on any atom is -0.481 e. The van der Waals surface area contributed by atoms with Gasteiger partial charge in [0.15, 0.2) is 0 Å². The fourth-order valence-electron chi connectivity index (χ4n) is 1.95. The van der Waals surface area contributed by atoms with Crippen LogP contribution in [0.25, 0.3) is 0 Å². The molecule has 1 fully saturated rings. The van der Waals surface area contributed by atoms with Crippen molar-refractivity contribution in [3.8, 4) is 0 Å². The molecule has 76 valence electrons. The van der Waals surface area contributed by atoms with Crippen LogP contribution in [0.15, 0.2) is 16.8 Å². The summed E-state index contributed by atoms with van der Waals surface area (Å²) in [6, 6.07) is 1.97. The van der Waals surface area contributed by atoms with Gasteiger partial charge in [-0.05, 0) is 35.2 Å². The van der Waals surface area contributed by atoms with Crippen molar-refractivity contribution in [3.63, 3.8) is 0 Å². The highest BCUT2D eigenvalue weighted by Crippen LogP contribution is 2.40. The first-order valence-corrected chi connectivity index (χ1v) is 5.50. The van der Waals surface area contributed by atoms with Crippen molar-refractivity contribution >= 4 is 17.3 Å². The Balaban J connectivity index is 1.92. The van der Waals surface area contributed by atoms with Gasteiger partial charge in [-0.15, -0.1) is 0 Å². The van der Waals surface area contributed by atoms with Crippen LogP contribution in [0.5, 0.6) is 0 Å². The number of carboxylic acids is 1. The van der Waals surface area contributed by atoms with Gasteiger partial charge in [0, 0.05) is 6.42 Å². The van der Waals surface area contributed by atoms with Crippen LogP contribution < -0.4 is 0 Å². The van der Waals surface area contributed by atoms with E-state index in [1.54, 1.807) is 11.3 Å². The lowest BCUT2D eigenvalue weighted by Gasteiger charge is -2.41. The van der Waals surface area contributed by atoms with Gasteiger partial charge < -0.3 is 10.2 Å². The van der Waals surface area contributed by atoms with Gasteiger partial charge in [0.05, 0.1) is 11.5 Å². The van der Waals surface area contributed by atoms with Crippen LogP contribution in [0, 0.1) is 5.92 Å². The van der Waals surface area contributed by atoms with Gasteiger partial charge >= 0.3 is 5.97 Å². The number of carboxylic acid groups (broad SMARTS) is 1. The maximum Gasteiger partial charge on any atom is 0.306 e. The fourth-order valence-corrected chi connectivity index (χ4v) is 2.62. The summed E-state index contributed by atoms with van der Waals surface area (Å²) in [5, 5.41) is 22.6. The standard InChI is InChI=1S/C10H12O3S/c11-9(12)8-4-10(13,5-8)3-7-1-2-14-6-7/h1-2,6,8,13H,3-5H2,(H,11,12). The van der Waals surface area contributed by atoms with Crippen LogP contribution in [0.4, 0.5) is 0 Å². The lowest BCUT2D eigenvalue weighted by atomic mass is 9.68. The Bertz CT molecular complexity index is 325. The van der Waals surface area contributed by atoms with E-state index in [2.05, 4.69) is 0 Å². The van der Waals surface area contributed by atoms with E-state index in [0.29, 0.717) is 19.3 Å². The lowest BCUT2D eigenvalue weighted by Crippen LogP contribution is -2.48. The fraction of sp³-hybridized carbons (Fsp3) is 0.500. The summed E-state index contributed by atoms with van der Waals surface area (Å²) < 4.78 is 0. The molecule has 1 heterocycles. The predicted molar refractivity (Wildman–Crippen MR) is 53.3 cm³/mol. The summed E-state index contributed by atoms with van der Waals surface area (Å²) in [5.41, 5.74) is 0.325. The molecule has 0 bridgehead atoms. The molecular formula is C10H12O3S. The minimum atomic E-state index is -0.792. The van der Waals surface area contributed by atoms with Crippen molar-refractivity contribution < 1.29 is 15.0 Å². The topological polar surface area (TPSA) is 57.5 Å². The van der Waals surface area contributed by atoms with Crippen molar-refractivity contribution in [2.45, 2.75) is 24.9 Å². The smallest absolute Gasteiger partial charge is 0.306 e. The monoisotopic (exact) mass is 212 g/mol. The first-order valence-electron chi connectivity index (χ1n) is 4.55. The van der Waals surface area contributed by atoms with Gasteiger partial charge in [-0.3, -0.25) is 4.79 Å². The quantitative estimate of drug-likeness (QED) is 0.798. The average Bonchev–Trinajstić information content (AvgIpc) is 2.51. The van der Waals surface area contributed by atoms with Crippen LogP contribution in [0.2, 0.25) is 0 Å². The average molecular weight is 212 g/mol. The molecule has 1 aromatic rings. The molecule has 4 heteroatoms. The number of aliphatic carboxylic acids is 1. The van der Waals surface area contributed by atoms with Crippen molar-refractivity contribution in [1.29, 1.82) is 0 Å². The van der Waals surface area contributed by atoms with E-state index in [1.807, 2.05) is 16.8 Å². The summed E-state index contributed by atoms with van der Waals surface area (Å²) in [7, 11) is 0. The molecule has 0 amide bonds. The number of carbonyl (C=O) groups is 1. The molecule has 0 atom stereocenters. The van der Waals surface area contributed by atoms with E-state index in [1.165, 1.54) is 0 Å². The van der Waals surface area contributed by atoms with Crippen LogP contribution in [0.3, 0.4) is 0 Å². The molecule has 1 aliphatic rings. The minimum absolute atomic E-state index is 0.348. The molecular weight excluding hydrogens is 200 g/mol. The third-order valence-corrected chi connectivity index (χ3v) is 3.45. The maximum atomic E-state index is 10.6. The Labute approximate surface area is 86.0 Å². The molecule has 0 aromatic carbocycles. The van der Waals surface area contributed by atoms with Crippen molar-refractivity contribution in [3.05, 3.63) is 22.4 Å². The van der Waals surface area contributed by atoms with Gasteiger partial charge in [-0.1, -0.05) is 0 Å². The first kappa shape index (κ1) is 9.68. The molecule has 1 aromatic heterocycles. The van der Waals surface area contributed by atoms with Crippen molar-refractivity contribution in [2.75, 3.05) is 0 Å². The summed E-state index contributed by atoms with van der Waals surface area (Å²) in [6.45, 7) is 0. The zero-order valence-corrected chi connectivity index (χ0v) is 8.46. The second kappa shape index (κ2) is 3.37. The molecule has 0 unspecified atom stereocenters. The number of hydrogen-bond donors (Lipinski definition) is 2. The highest BCUT2D eigenvalue weighted by molar-refractivity contribution is 7.07. The molecule has 3 nitrogen and oxygen atoms in total. The third-order valence-electron chi connectivity index (χ3n) is 2.72. The zero-order chi connectivity index (χ0) is 10.2. The Kier molecular flexibility index (Phi) is 2.33. The normalized spacial score (nSPS) is 31.1. The molecule has 0 aliphatic heterocycles. The molecule has 2 rings (SSSR count). The van der Waals surface area contributed by atoms with Gasteiger partial charge in [0.1, 0.15) is 0 Å². The van der Waals surface area contributed by atoms with E-state index in [9.17, 15) is 9.90 Å². The highest BCUT2D eigenvalue weighted by atomic mass is 32.1. The molecule has 14 heavy (non-hydrogen) atoms. The molecule has 0 radical (unpaired) electrons. The maximum absolute atomic E-state index is 10.6. The van der Waals surface area contributed by atoms with Crippen LogP contribution >= 0.6 is 11.3 Å². The Morgan fingerprint density at radius 2 is 2.36 bits per heavy atom. The third kappa shape index (κ3) is 1.81. The number of rotatable bonds is 3.